The van der Waals surface area contributed by atoms with Crippen LogP contribution < -0.4 is 11.1 Å². The van der Waals surface area contributed by atoms with Gasteiger partial charge in [0.05, 0.1) is 12.6 Å². The summed E-state index contributed by atoms with van der Waals surface area (Å²) >= 11 is 0. The summed E-state index contributed by atoms with van der Waals surface area (Å²) in [7, 11) is 0. The van der Waals surface area contributed by atoms with Crippen LogP contribution in [0.25, 0.3) is 0 Å². The van der Waals surface area contributed by atoms with Crippen LogP contribution in [0.15, 0.2) is 18.5 Å². The van der Waals surface area contributed by atoms with Crippen LogP contribution in [0.4, 0.5) is 0 Å². The highest BCUT2D eigenvalue weighted by Crippen LogP contribution is 1.89. The average molecular weight is 184 g/mol. The van der Waals surface area contributed by atoms with Gasteiger partial charge < -0.3 is 16.2 Å². The number of aromatic nitrogens is 2. The molecular formula is C8H16N4O. The molecule has 0 aliphatic heterocycles. The first-order valence-corrected chi connectivity index (χ1v) is 4.39. The number of aliphatic hydroxyl groups is 1. The van der Waals surface area contributed by atoms with Crippen molar-refractivity contribution in [3.05, 3.63) is 18.5 Å². The number of nitrogens with two attached hydrogens (primary N) is 1. The van der Waals surface area contributed by atoms with Crippen LogP contribution >= 0.6 is 0 Å². The quantitative estimate of drug-likeness (QED) is 0.485. The molecule has 1 atom stereocenters. The third kappa shape index (κ3) is 4.02. The van der Waals surface area contributed by atoms with E-state index >= 15 is 0 Å². The molecular weight excluding hydrogens is 168 g/mol. The van der Waals surface area contributed by atoms with E-state index in [4.69, 9.17) is 5.73 Å². The van der Waals surface area contributed by atoms with Crippen LogP contribution in [0.2, 0.25) is 0 Å². The molecule has 1 heterocycles. The SMILES string of the molecule is NCCNCC(O)Cn1cccn1. The fourth-order valence-electron chi connectivity index (χ4n) is 1.06. The van der Waals surface area contributed by atoms with Gasteiger partial charge in [0.25, 0.3) is 0 Å². The standard InChI is InChI=1S/C8H16N4O/c9-2-4-10-6-8(13)7-12-5-1-3-11-12/h1,3,5,8,10,13H,2,4,6-7,9H2. The summed E-state index contributed by atoms with van der Waals surface area (Å²) in [4.78, 5) is 0. The Hall–Kier alpha value is -0.910. The maximum absolute atomic E-state index is 9.48. The number of hydrogen-bond acceptors (Lipinski definition) is 4. The maximum Gasteiger partial charge on any atom is 0.0860 e. The molecule has 1 aromatic rings. The molecule has 0 fully saturated rings. The van der Waals surface area contributed by atoms with Gasteiger partial charge in [-0.25, -0.2) is 0 Å². The lowest BCUT2D eigenvalue weighted by atomic mass is 10.3. The molecule has 0 aliphatic carbocycles. The van der Waals surface area contributed by atoms with Gasteiger partial charge in [-0.3, -0.25) is 4.68 Å². The minimum absolute atomic E-state index is 0.411. The average Bonchev–Trinajstić information content (AvgIpc) is 2.57. The van der Waals surface area contributed by atoms with Crippen LogP contribution in [0, 0.1) is 0 Å². The fourth-order valence-corrected chi connectivity index (χ4v) is 1.06. The van der Waals surface area contributed by atoms with Gasteiger partial charge in [0.1, 0.15) is 0 Å². The van der Waals surface area contributed by atoms with E-state index in [-0.39, 0.29) is 0 Å². The number of nitrogens with one attached hydrogen (secondary N) is 1. The monoisotopic (exact) mass is 184 g/mol. The lowest BCUT2D eigenvalue weighted by Gasteiger charge is -2.10. The molecule has 13 heavy (non-hydrogen) atoms. The van der Waals surface area contributed by atoms with E-state index in [1.807, 2.05) is 12.3 Å². The van der Waals surface area contributed by atoms with E-state index in [0.29, 0.717) is 19.6 Å². The molecule has 5 heteroatoms. The molecule has 74 valence electrons. The van der Waals surface area contributed by atoms with Gasteiger partial charge in [-0.05, 0) is 6.07 Å². The molecule has 0 spiro atoms. The minimum Gasteiger partial charge on any atom is -0.390 e. The van der Waals surface area contributed by atoms with Crippen molar-refractivity contribution in [2.75, 3.05) is 19.6 Å². The molecule has 0 aliphatic rings. The maximum atomic E-state index is 9.48. The zero-order valence-corrected chi connectivity index (χ0v) is 7.56. The van der Waals surface area contributed by atoms with Crippen molar-refractivity contribution >= 4 is 0 Å². The molecule has 1 rings (SSSR count). The second-order valence-corrected chi connectivity index (χ2v) is 2.87. The van der Waals surface area contributed by atoms with Gasteiger partial charge >= 0.3 is 0 Å². The molecule has 0 saturated heterocycles. The third-order valence-corrected chi connectivity index (χ3v) is 1.66. The van der Waals surface area contributed by atoms with E-state index < -0.39 is 6.10 Å². The molecule has 0 aromatic carbocycles. The first-order chi connectivity index (χ1) is 6.33. The number of hydrogen-bond donors (Lipinski definition) is 3. The van der Waals surface area contributed by atoms with Crippen LogP contribution in [-0.4, -0.2) is 40.6 Å². The fraction of sp³-hybridized carbons (Fsp3) is 0.625. The summed E-state index contributed by atoms with van der Waals surface area (Å²) in [6, 6.07) is 1.83. The summed E-state index contributed by atoms with van der Waals surface area (Å²) in [5.74, 6) is 0. The van der Waals surface area contributed by atoms with Crippen molar-refractivity contribution in [3.8, 4) is 0 Å². The molecule has 0 bridgehead atoms. The summed E-state index contributed by atoms with van der Waals surface area (Å²) in [6.07, 6.45) is 3.11. The largest absolute Gasteiger partial charge is 0.390 e. The van der Waals surface area contributed by atoms with E-state index in [1.165, 1.54) is 0 Å². The van der Waals surface area contributed by atoms with Crippen LogP contribution in [0.5, 0.6) is 0 Å². The predicted molar refractivity (Wildman–Crippen MR) is 50.2 cm³/mol. The summed E-state index contributed by atoms with van der Waals surface area (Å²) in [5, 5.41) is 16.5. The Morgan fingerprint density at radius 2 is 2.46 bits per heavy atom. The second-order valence-electron chi connectivity index (χ2n) is 2.87. The van der Waals surface area contributed by atoms with E-state index in [2.05, 4.69) is 10.4 Å². The summed E-state index contributed by atoms with van der Waals surface area (Å²) < 4.78 is 1.70. The van der Waals surface area contributed by atoms with Gasteiger partial charge in [-0.15, -0.1) is 0 Å². The summed E-state index contributed by atoms with van der Waals surface area (Å²) in [6.45, 7) is 2.40. The van der Waals surface area contributed by atoms with Gasteiger partial charge in [0, 0.05) is 32.0 Å². The normalized spacial score (nSPS) is 13.1. The van der Waals surface area contributed by atoms with E-state index in [9.17, 15) is 5.11 Å². The molecule has 0 amide bonds. The van der Waals surface area contributed by atoms with Gasteiger partial charge in [0.15, 0.2) is 0 Å². The van der Waals surface area contributed by atoms with E-state index in [1.54, 1.807) is 10.9 Å². The Kier molecular flexibility index (Phi) is 4.45. The zero-order chi connectivity index (χ0) is 9.52. The Balaban J connectivity index is 2.14. The van der Waals surface area contributed by atoms with Crippen molar-refractivity contribution in [1.29, 1.82) is 0 Å². The van der Waals surface area contributed by atoms with Gasteiger partial charge in [-0.2, -0.15) is 5.10 Å². The lowest BCUT2D eigenvalue weighted by Crippen LogP contribution is -2.33. The van der Waals surface area contributed by atoms with E-state index in [0.717, 1.165) is 6.54 Å². The number of rotatable bonds is 6. The van der Waals surface area contributed by atoms with Crippen molar-refractivity contribution in [2.24, 2.45) is 5.73 Å². The van der Waals surface area contributed by atoms with Crippen LogP contribution in [-0.2, 0) is 6.54 Å². The molecule has 0 saturated carbocycles. The van der Waals surface area contributed by atoms with Crippen molar-refractivity contribution in [1.82, 2.24) is 15.1 Å². The van der Waals surface area contributed by atoms with Crippen molar-refractivity contribution in [3.63, 3.8) is 0 Å². The number of aliphatic hydroxyl groups excluding tert-OH is 1. The van der Waals surface area contributed by atoms with Crippen molar-refractivity contribution < 1.29 is 5.11 Å². The Bertz CT molecular complexity index is 212. The highest BCUT2D eigenvalue weighted by molar-refractivity contribution is 4.78. The van der Waals surface area contributed by atoms with Crippen LogP contribution in [0.1, 0.15) is 0 Å². The van der Waals surface area contributed by atoms with Crippen molar-refractivity contribution in [2.45, 2.75) is 12.6 Å². The van der Waals surface area contributed by atoms with Crippen LogP contribution in [0.3, 0.4) is 0 Å². The second kappa shape index (κ2) is 5.69. The molecule has 1 unspecified atom stereocenters. The highest BCUT2D eigenvalue weighted by Gasteiger charge is 2.03. The molecule has 5 nitrogen and oxygen atoms in total. The molecule has 4 N–H and O–H groups in total. The first kappa shape index (κ1) is 10.2. The number of nitrogens with zero attached hydrogens (tertiary/aromatic N) is 2. The third-order valence-electron chi connectivity index (χ3n) is 1.66. The summed E-state index contributed by atoms with van der Waals surface area (Å²) in [5.41, 5.74) is 5.29. The topological polar surface area (TPSA) is 76.1 Å². The van der Waals surface area contributed by atoms with Gasteiger partial charge in [0.2, 0.25) is 0 Å². The smallest absolute Gasteiger partial charge is 0.0860 e. The highest BCUT2D eigenvalue weighted by atomic mass is 16.3. The Morgan fingerprint density at radius 3 is 3.08 bits per heavy atom. The Morgan fingerprint density at radius 1 is 1.62 bits per heavy atom. The first-order valence-electron chi connectivity index (χ1n) is 4.39. The predicted octanol–water partition coefficient (Wildman–Crippen LogP) is -1.21. The Labute approximate surface area is 77.5 Å². The van der Waals surface area contributed by atoms with Gasteiger partial charge in [-0.1, -0.05) is 0 Å². The lowest BCUT2D eigenvalue weighted by molar-refractivity contribution is 0.147. The zero-order valence-electron chi connectivity index (χ0n) is 7.56. The molecule has 0 radical (unpaired) electrons. The molecule has 1 aromatic heterocycles. The minimum atomic E-state index is -0.411.